The van der Waals surface area contributed by atoms with Crippen molar-refractivity contribution in [3.8, 4) is 0 Å². The number of nitrogens with one attached hydrogen (secondary N) is 1. The number of esters is 1. The average molecular weight is 357 g/mol. The highest BCUT2D eigenvalue weighted by Gasteiger charge is 2.27. The molecule has 0 spiro atoms. The molecular formula is C14H17BrN2O4. The van der Waals surface area contributed by atoms with E-state index >= 15 is 0 Å². The molecule has 1 atom stereocenters. The van der Waals surface area contributed by atoms with Crippen molar-refractivity contribution in [2.24, 2.45) is 11.7 Å². The summed E-state index contributed by atoms with van der Waals surface area (Å²) in [5, 5.41) is 2.60. The minimum absolute atomic E-state index is 0.197. The predicted molar refractivity (Wildman–Crippen MR) is 80.4 cm³/mol. The van der Waals surface area contributed by atoms with Crippen LogP contribution in [-0.4, -0.2) is 30.4 Å². The Morgan fingerprint density at radius 1 is 1.29 bits per heavy atom. The molecule has 1 rings (SSSR count). The maximum atomic E-state index is 12.2. The number of amides is 2. The van der Waals surface area contributed by atoms with Crippen LogP contribution in [0.3, 0.4) is 0 Å². The Labute approximate surface area is 131 Å². The molecule has 2 amide bonds. The second-order valence-corrected chi connectivity index (χ2v) is 5.60. The molecule has 1 aromatic rings. The largest absolute Gasteiger partial charge is 0.454 e. The van der Waals surface area contributed by atoms with Crippen LogP contribution in [0.1, 0.15) is 24.2 Å². The minimum Gasteiger partial charge on any atom is -0.454 e. The van der Waals surface area contributed by atoms with Crippen molar-refractivity contribution >= 4 is 33.7 Å². The van der Waals surface area contributed by atoms with Gasteiger partial charge in [0.05, 0.1) is 5.56 Å². The Kier molecular flexibility index (Phi) is 6.36. The Morgan fingerprint density at radius 3 is 2.43 bits per heavy atom. The number of ether oxygens (including phenoxy) is 1. The number of hydrogen-bond acceptors (Lipinski definition) is 4. The maximum Gasteiger partial charge on any atom is 0.329 e. The third-order valence-electron chi connectivity index (χ3n) is 2.68. The van der Waals surface area contributed by atoms with Crippen LogP contribution < -0.4 is 11.1 Å². The van der Waals surface area contributed by atoms with Crippen molar-refractivity contribution in [3.05, 3.63) is 34.3 Å². The van der Waals surface area contributed by atoms with E-state index < -0.39 is 30.4 Å². The van der Waals surface area contributed by atoms with Gasteiger partial charge in [0, 0.05) is 4.47 Å². The number of benzene rings is 1. The molecule has 7 heteroatoms. The Bertz CT molecular complexity index is 546. The van der Waals surface area contributed by atoms with Crippen molar-refractivity contribution in [2.75, 3.05) is 6.61 Å². The Morgan fingerprint density at radius 2 is 1.90 bits per heavy atom. The zero-order valence-electron chi connectivity index (χ0n) is 11.8. The molecular weight excluding hydrogens is 340 g/mol. The van der Waals surface area contributed by atoms with Gasteiger partial charge in [0.15, 0.2) is 6.61 Å². The fourth-order valence-corrected chi connectivity index (χ4v) is 2.06. The van der Waals surface area contributed by atoms with E-state index in [0.717, 1.165) is 0 Å². The van der Waals surface area contributed by atoms with E-state index in [9.17, 15) is 14.4 Å². The summed E-state index contributed by atoms with van der Waals surface area (Å²) in [6.45, 7) is 3.01. The van der Waals surface area contributed by atoms with E-state index in [2.05, 4.69) is 21.2 Å². The quantitative estimate of drug-likeness (QED) is 0.748. The van der Waals surface area contributed by atoms with Crippen LogP contribution in [0, 0.1) is 5.92 Å². The lowest BCUT2D eigenvalue weighted by Gasteiger charge is -2.20. The van der Waals surface area contributed by atoms with Crippen LogP contribution in [-0.2, 0) is 14.3 Å². The zero-order chi connectivity index (χ0) is 16.0. The van der Waals surface area contributed by atoms with Gasteiger partial charge in [-0.15, -0.1) is 0 Å². The second kappa shape index (κ2) is 7.78. The third-order valence-corrected chi connectivity index (χ3v) is 3.37. The molecule has 0 bridgehead atoms. The summed E-state index contributed by atoms with van der Waals surface area (Å²) in [7, 11) is 0. The minimum atomic E-state index is -0.857. The van der Waals surface area contributed by atoms with Crippen LogP contribution in [0.4, 0.5) is 0 Å². The van der Waals surface area contributed by atoms with Crippen molar-refractivity contribution in [1.29, 1.82) is 0 Å². The SMILES string of the molecule is CC(C)[C@@H](NC(=O)c1ccccc1Br)C(=O)OCC(N)=O. The first-order chi connectivity index (χ1) is 9.82. The Balaban J connectivity index is 2.79. The molecule has 0 aromatic heterocycles. The van der Waals surface area contributed by atoms with Crippen LogP contribution in [0.2, 0.25) is 0 Å². The van der Waals surface area contributed by atoms with E-state index in [4.69, 9.17) is 10.5 Å². The van der Waals surface area contributed by atoms with E-state index in [1.165, 1.54) is 0 Å². The number of hydrogen-bond donors (Lipinski definition) is 2. The summed E-state index contributed by atoms with van der Waals surface area (Å²) in [5.41, 5.74) is 5.33. The van der Waals surface area contributed by atoms with Crippen molar-refractivity contribution in [2.45, 2.75) is 19.9 Å². The molecule has 21 heavy (non-hydrogen) atoms. The summed E-state index contributed by atoms with van der Waals surface area (Å²) in [6.07, 6.45) is 0. The fourth-order valence-electron chi connectivity index (χ4n) is 1.59. The number of primary amides is 1. The van der Waals surface area contributed by atoms with Gasteiger partial charge >= 0.3 is 5.97 Å². The zero-order valence-corrected chi connectivity index (χ0v) is 13.3. The predicted octanol–water partition coefficient (Wildman–Crippen LogP) is 1.23. The number of carbonyl (C=O) groups is 3. The molecule has 6 nitrogen and oxygen atoms in total. The molecule has 0 radical (unpaired) electrons. The van der Waals surface area contributed by atoms with Gasteiger partial charge in [-0.25, -0.2) is 4.79 Å². The van der Waals surface area contributed by atoms with E-state index in [0.29, 0.717) is 10.0 Å². The third kappa shape index (κ3) is 5.18. The van der Waals surface area contributed by atoms with E-state index in [1.54, 1.807) is 38.1 Å². The van der Waals surface area contributed by atoms with Gasteiger partial charge in [0.2, 0.25) is 0 Å². The summed E-state index contributed by atoms with van der Waals surface area (Å²) in [6, 6.07) is 6.00. The van der Waals surface area contributed by atoms with Crippen LogP contribution in [0.25, 0.3) is 0 Å². The molecule has 0 aliphatic carbocycles. The van der Waals surface area contributed by atoms with E-state index in [1.807, 2.05) is 0 Å². The van der Waals surface area contributed by atoms with Gasteiger partial charge in [-0.3, -0.25) is 9.59 Å². The monoisotopic (exact) mass is 356 g/mol. The van der Waals surface area contributed by atoms with Gasteiger partial charge in [-0.05, 0) is 34.0 Å². The van der Waals surface area contributed by atoms with Gasteiger partial charge < -0.3 is 15.8 Å². The summed E-state index contributed by atoms with van der Waals surface area (Å²) in [5.74, 6) is -2.04. The highest BCUT2D eigenvalue weighted by molar-refractivity contribution is 9.10. The lowest BCUT2D eigenvalue weighted by atomic mass is 10.0. The summed E-state index contributed by atoms with van der Waals surface area (Å²) < 4.78 is 5.37. The molecule has 3 N–H and O–H groups in total. The lowest BCUT2D eigenvalue weighted by Crippen LogP contribution is -2.46. The van der Waals surface area contributed by atoms with Crippen molar-refractivity contribution < 1.29 is 19.1 Å². The van der Waals surface area contributed by atoms with Crippen LogP contribution >= 0.6 is 15.9 Å². The van der Waals surface area contributed by atoms with Gasteiger partial charge in [-0.2, -0.15) is 0 Å². The number of rotatable bonds is 6. The van der Waals surface area contributed by atoms with E-state index in [-0.39, 0.29) is 5.92 Å². The van der Waals surface area contributed by atoms with Crippen LogP contribution in [0.5, 0.6) is 0 Å². The van der Waals surface area contributed by atoms with Gasteiger partial charge in [-0.1, -0.05) is 26.0 Å². The first-order valence-corrected chi connectivity index (χ1v) is 7.12. The molecule has 0 aliphatic rings. The van der Waals surface area contributed by atoms with Crippen LogP contribution in [0.15, 0.2) is 28.7 Å². The average Bonchev–Trinajstić information content (AvgIpc) is 2.42. The summed E-state index contributed by atoms with van der Waals surface area (Å²) >= 11 is 3.27. The molecule has 0 unspecified atom stereocenters. The smallest absolute Gasteiger partial charge is 0.329 e. The highest BCUT2D eigenvalue weighted by Crippen LogP contribution is 2.16. The molecule has 0 heterocycles. The normalized spacial score (nSPS) is 11.8. The first kappa shape index (κ1) is 17.2. The molecule has 1 aromatic carbocycles. The molecule has 0 aliphatic heterocycles. The number of carbonyl (C=O) groups excluding carboxylic acids is 3. The molecule has 0 fully saturated rings. The molecule has 114 valence electrons. The Hall–Kier alpha value is -1.89. The highest BCUT2D eigenvalue weighted by atomic mass is 79.9. The van der Waals surface area contributed by atoms with Crippen molar-refractivity contribution in [3.63, 3.8) is 0 Å². The number of halogens is 1. The first-order valence-electron chi connectivity index (χ1n) is 6.33. The van der Waals surface area contributed by atoms with Gasteiger partial charge in [0.25, 0.3) is 11.8 Å². The number of nitrogens with two attached hydrogens (primary N) is 1. The topological polar surface area (TPSA) is 98.5 Å². The maximum absolute atomic E-state index is 12.2. The lowest BCUT2D eigenvalue weighted by molar-refractivity contribution is -0.150. The summed E-state index contributed by atoms with van der Waals surface area (Å²) in [4.78, 5) is 34.7. The molecule has 0 saturated carbocycles. The van der Waals surface area contributed by atoms with Crippen molar-refractivity contribution in [1.82, 2.24) is 5.32 Å². The standard InChI is InChI=1S/C14H17BrN2O4/c1-8(2)12(14(20)21-7-11(16)18)17-13(19)9-5-3-4-6-10(9)15/h3-6,8,12H,7H2,1-2H3,(H2,16,18)(H,17,19)/t12-/m1/s1. The molecule has 0 saturated heterocycles. The van der Waals surface area contributed by atoms with Gasteiger partial charge in [0.1, 0.15) is 6.04 Å². The second-order valence-electron chi connectivity index (χ2n) is 4.75. The fraction of sp³-hybridized carbons (Fsp3) is 0.357.